The Morgan fingerprint density at radius 2 is 1.90 bits per heavy atom. The summed E-state index contributed by atoms with van der Waals surface area (Å²) in [6.45, 7) is 6.12. The Bertz CT molecular complexity index is 1190. The van der Waals surface area contributed by atoms with E-state index in [0.29, 0.717) is 32.9 Å². The Kier molecular flexibility index (Phi) is 5.60. The van der Waals surface area contributed by atoms with Gasteiger partial charge >= 0.3 is 5.97 Å². The molecule has 150 valence electrons. The molecule has 0 radical (unpaired) electrons. The van der Waals surface area contributed by atoms with E-state index in [0.717, 1.165) is 11.3 Å². The van der Waals surface area contributed by atoms with Gasteiger partial charge in [0.05, 0.1) is 11.1 Å². The third-order valence-electron chi connectivity index (χ3n) is 4.32. The van der Waals surface area contributed by atoms with Crippen molar-refractivity contribution in [2.24, 2.45) is 0 Å². The number of esters is 1. The molecule has 2 aromatic heterocycles. The van der Waals surface area contributed by atoms with E-state index in [1.54, 1.807) is 38.1 Å². The zero-order valence-electron chi connectivity index (χ0n) is 16.3. The predicted molar refractivity (Wildman–Crippen MR) is 110 cm³/mol. The number of aryl methyl sites for hydroxylation is 2. The number of nitrogens with zero attached hydrogens (tertiary/aromatic N) is 1. The van der Waals surface area contributed by atoms with Crippen LogP contribution in [0.2, 0.25) is 0 Å². The number of ether oxygens (including phenoxy) is 1. The second-order valence-electron chi connectivity index (χ2n) is 6.53. The minimum atomic E-state index is -1.11. The number of carbonyl (C=O) groups is 3. The lowest BCUT2D eigenvalue weighted by atomic mass is 10.1. The number of Topliss-reactive ketones (excluding diaryl/α,β-unsaturated/α-hetero) is 1. The zero-order valence-corrected chi connectivity index (χ0v) is 17.1. The van der Waals surface area contributed by atoms with Crippen molar-refractivity contribution >= 4 is 44.9 Å². The maximum atomic E-state index is 12.6. The zero-order chi connectivity index (χ0) is 21.3. The molecule has 3 aromatic rings. The predicted octanol–water partition coefficient (Wildman–Crippen LogP) is 2.99. The van der Waals surface area contributed by atoms with Gasteiger partial charge in [-0.2, -0.15) is 0 Å². The SMILES string of the molecule is CC(=O)c1ccccc1NC(=O)[C@@H](C)OC(=O)c1sc2nc(C)[nH]c(=O)c2c1C. The van der Waals surface area contributed by atoms with Crippen molar-refractivity contribution in [3.63, 3.8) is 0 Å². The lowest BCUT2D eigenvalue weighted by molar-refractivity contribution is -0.123. The van der Waals surface area contributed by atoms with Gasteiger partial charge in [0, 0.05) is 5.56 Å². The highest BCUT2D eigenvalue weighted by Crippen LogP contribution is 2.28. The summed E-state index contributed by atoms with van der Waals surface area (Å²) < 4.78 is 5.29. The number of amides is 1. The fraction of sp³-hybridized carbons (Fsp3) is 0.250. The van der Waals surface area contributed by atoms with Crippen LogP contribution in [0, 0.1) is 13.8 Å². The van der Waals surface area contributed by atoms with Crippen LogP contribution in [-0.2, 0) is 9.53 Å². The molecule has 3 rings (SSSR count). The first-order chi connectivity index (χ1) is 13.7. The van der Waals surface area contributed by atoms with Crippen LogP contribution in [0.5, 0.6) is 0 Å². The monoisotopic (exact) mass is 413 g/mol. The molecular weight excluding hydrogens is 394 g/mol. The molecule has 1 atom stereocenters. The number of H-pyrrole nitrogens is 1. The van der Waals surface area contributed by atoms with E-state index in [4.69, 9.17) is 4.74 Å². The first-order valence-electron chi connectivity index (χ1n) is 8.81. The topological polar surface area (TPSA) is 118 Å². The quantitative estimate of drug-likeness (QED) is 0.490. The summed E-state index contributed by atoms with van der Waals surface area (Å²) in [4.78, 5) is 56.4. The van der Waals surface area contributed by atoms with Crippen LogP contribution >= 0.6 is 11.3 Å². The van der Waals surface area contributed by atoms with Crippen molar-refractivity contribution in [2.75, 3.05) is 5.32 Å². The average molecular weight is 413 g/mol. The largest absolute Gasteiger partial charge is 0.448 e. The molecule has 8 nitrogen and oxygen atoms in total. The minimum Gasteiger partial charge on any atom is -0.448 e. The summed E-state index contributed by atoms with van der Waals surface area (Å²) in [6.07, 6.45) is -1.11. The summed E-state index contributed by atoms with van der Waals surface area (Å²) in [7, 11) is 0. The van der Waals surface area contributed by atoms with Crippen LogP contribution in [0.1, 0.15) is 45.3 Å². The Labute approximate surface area is 169 Å². The number of fused-ring (bicyclic) bond motifs is 1. The molecule has 0 saturated carbocycles. The fourth-order valence-corrected chi connectivity index (χ4v) is 3.96. The van der Waals surface area contributed by atoms with Crippen molar-refractivity contribution in [1.29, 1.82) is 0 Å². The van der Waals surface area contributed by atoms with Crippen molar-refractivity contribution in [3.05, 3.63) is 56.4 Å². The van der Waals surface area contributed by atoms with Gasteiger partial charge in [-0.15, -0.1) is 11.3 Å². The van der Waals surface area contributed by atoms with Gasteiger partial charge in [0.1, 0.15) is 15.5 Å². The molecule has 0 aliphatic heterocycles. The van der Waals surface area contributed by atoms with E-state index in [9.17, 15) is 19.2 Å². The molecule has 29 heavy (non-hydrogen) atoms. The van der Waals surface area contributed by atoms with Crippen LogP contribution in [0.25, 0.3) is 10.2 Å². The number of hydrogen-bond acceptors (Lipinski definition) is 7. The molecule has 0 unspecified atom stereocenters. The Hall–Kier alpha value is -3.33. The van der Waals surface area contributed by atoms with Crippen molar-refractivity contribution in [2.45, 2.75) is 33.8 Å². The van der Waals surface area contributed by atoms with Crippen LogP contribution in [0.3, 0.4) is 0 Å². The van der Waals surface area contributed by atoms with E-state index < -0.39 is 18.0 Å². The van der Waals surface area contributed by atoms with E-state index in [2.05, 4.69) is 15.3 Å². The lowest BCUT2D eigenvalue weighted by Crippen LogP contribution is -2.30. The molecule has 0 aliphatic carbocycles. The van der Waals surface area contributed by atoms with Gasteiger partial charge in [-0.25, -0.2) is 9.78 Å². The summed E-state index contributed by atoms with van der Waals surface area (Å²) in [6, 6.07) is 6.57. The number of aromatic amines is 1. The second kappa shape index (κ2) is 7.96. The Morgan fingerprint density at radius 1 is 1.21 bits per heavy atom. The number of hydrogen-bond donors (Lipinski definition) is 2. The van der Waals surface area contributed by atoms with Gasteiger partial charge in [0.15, 0.2) is 11.9 Å². The van der Waals surface area contributed by atoms with Gasteiger partial charge < -0.3 is 15.0 Å². The summed E-state index contributed by atoms with van der Waals surface area (Å²) >= 11 is 1.04. The maximum Gasteiger partial charge on any atom is 0.349 e. The summed E-state index contributed by atoms with van der Waals surface area (Å²) in [5.74, 6) is -1.04. The molecule has 0 bridgehead atoms. The van der Waals surface area contributed by atoms with Crippen LogP contribution in [0.4, 0.5) is 5.69 Å². The fourth-order valence-electron chi connectivity index (χ4n) is 2.85. The van der Waals surface area contributed by atoms with E-state index >= 15 is 0 Å². The van der Waals surface area contributed by atoms with Gasteiger partial charge in [0.2, 0.25) is 0 Å². The molecule has 1 amide bonds. The highest BCUT2D eigenvalue weighted by Gasteiger charge is 2.25. The number of nitrogens with one attached hydrogen (secondary N) is 2. The number of anilines is 1. The Balaban J connectivity index is 1.79. The standard InChI is InChI=1S/C20H19N3O5S/c1-9-15-18(26)21-12(4)22-19(15)29-16(9)20(27)28-11(3)17(25)23-14-8-6-5-7-13(14)10(2)24/h5-8,11H,1-4H3,(H,23,25)(H,21,22,26)/t11-/m1/s1. The third-order valence-corrected chi connectivity index (χ3v) is 5.49. The van der Waals surface area contributed by atoms with E-state index in [1.807, 2.05) is 0 Å². The van der Waals surface area contributed by atoms with Gasteiger partial charge in [-0.1, -0.05) is 12.1 Å². The number of ketones is 1. The number of rotatable bonds is 5. The van der Waals surface area contributed by atoms with Crippen molar-refractivity contribution in [1.82, 2.24) is 9.97 Å². The number of benzene rings is 1. The maximum absolute atomic E-state index is 12.6. The molecule has 0 saturated heterocycles. The second-order valence-corrected chi connectivity index (χ2v) is 7.53. The molecule has 0 fully saturated rings. The van der Waals surface area contributed by atoms with Gasteiger partial charge in [-0.3, -0.25) is 14.4 Å². The first kappa shape index (κ1) is 20.4. The van der Waals surface area contributed by atoms with E-state index in [1.165, 1.54) is 13.8 Å². The number of thiophene rings is 1. The highest BCUT2D eigenvalue weighted by molar-refractivity contribution is 7.20. The minimum absolute atomic E-state index is 0.195. The van der Waals surface area contributed by atoms with E-state index in [-0.39, 0.29) is 16.2 Å². The summed E-state index contributed by atoms with van der Waals surface area (Å²) in [5.41, 5.74) is 0.836. The molecule has 1 aromatic carbocycles. The average Bonchev–Trinajstić information content (AvgIpc) is 2.98. The molecule has 0 spiro atoms. The molecule has 9 heteroatoms. The Morgan fingerprint density at radius 3 is 2.59 bits per heavy atom. The van der Waals surface area contributed by atoms with Crippen molar-refractivity contribution in [3.8, 4) is 0 Å². The molecular formula is C20H19N3O5S. The smallest absolute Gasteiger partial charge is 0.349 e. The van der Waals surface area contributed by atoms with Crippen LogP contribution in [0.15, 0.2) is 29.1 Å². The van der Waals surface area contributed by atoms with Crippen LogP contribution < -0.4 is 10.9 Å². The lowest BCUT2D eigenvalue weighted by Gasteiger charge is -2.14. The van der Waals surface area contributed by atoms with Gasteiger partial charge in [-0.05, 0) is 45.4 Å². The molecule has 2 N–H and O–H groups in total. The normalized spacial score (nSPS) is 11.9. The van der Waals surface area contributed by atoms with Crippen molar-refractivity contribution < 1.29 is 19.1 Å². The van der Waals surface area contributed by atoms with Crippen LogP contribution in [-0.4, -0.2) is 33.7 Å². The number of aromatic nitrogens is 2. The molecule has 0 aliphatic rings. The first-order valence-corrected chi connectivity index (χ1v) is 9.62. The van der Waals surface area contributed by atoms with Gasteiger partial charge in [0.25, 0.3) is 11.5 Å². The third kappa shape index (κ3) is 4.09. The number of para-hydroxylation sites is 1. The number of carbonyl (C=O) groups excluding carboxylic acids is 3. The molecule has 2 heterocycles. The summed E-state index contributed by atoms with van der Waals surface area (Å²) in [5, 5.41) is 2.94. The highest BCUT2D eigenvalue weighted by atomic mass is 32.1.